The van der Waals surface area contributed by atoms with Crippen LogP contribution in [0, 0.1) is 0 Å². The summed E-state index contributed by atoms with van der Waals surface area (Å²) in [5.41, 5.74) is -1.84. The Kier molecular flexibility index (Phi) is 6.98. The van der Waals surface area contributed by atoms with Gasteiger partial charge in [-0.2, -0.15) is 31.3 Å². The number of pyridine rings is 1. The number of amides is 1. The number of hydrogen-bond acceptors (Lipinski definition) is 6. The molecule has 2 aromatic heterocycles. The number of benzene rings is 1. The van der Waals surface area contributed by atoms with Gasteiger partial charge in [0, 0.05) is 24.4 Å². The van der Waals surface area contributed by atoms with E-state index >= 15 is 0 Å². The zero-order chi connectivity index (χ0) is 25.1. The van der Waals surface area contributed by atoms with E-state index in [0.29, 0.717) is 0 Å². The molecule has 0 spiro atoms. The van der Waals surface area contributed by atoms with Crippen LogP contribution in [0.4, 0.5) is 31.1 Å². The van der Waals surface area contributed by atoms with E-state index in [9.17, 15) is 35.9 Å². The van der Waals surface area contributed by atoms with E-state index in [2.05, 4.69) is 20.0 Å². The van der Waals surface area contributed by atoms with Crippen LogP contribution in [0.25, 0.3) is 11.4 Å². The normalized spacial score (nSPS) is 12.9. The molecule has 3 aromatic rings. The van der Waals surface area contributed by atoms with Gasteiger partial charge >= 0.3 is 24.3 Å². The predicted molar refractivity (Wildman–Crippen MR) is 103 cm³/mol. The van der Waals surface area contributed by atoms with E-state index in [4.69, 9.17) is 4.74 Å². The molecule has 0 aliphatic heterocycles. The Hall–Kier alpha value is -3.84. The molecule has 8 nitrogen and oxygen atoms in total. The maximum atomic E-state index is 13.1. The van der Waals surface area contributed by atoms with E-state index in [1.165, 1.54) is 12.1 Å². The topological polar surface area (TPSA) is 99.2 Å². The molecular weight excluding hydrogens is 474 g/mol. The van der Waals surface area contributed by atoms with Gasteiger partial charge in [0.05, 0.1) is 12.1 Å². The number of hydrogen-bond donors (Lipinski definition) is 1. The van der Waals surface area contributed by atoms with Crippen molar-refractivity contribution in [2.45, 2.75) is 31.9 Å². The van der Waals surface area contributed by atoms with E-state index in [1.54, 1.807) is 6.92 Å². The molecule has 14 heteroatoms. The van der Waals surface area contributed by atoms with Crippen molar-refractivity contribution in [3.8, 4) is 11.4 Å². The van der Waals surface area contributed by atoms with Gasteiger partial charge in [-0.3, -0.25) is 4.79 Å². The summed E-state index contributed by atoms with van der Waals surface area (Å²) in [4.78, 5) is 27.7. The largest absolute Gasteiger partial charge is 0.471 e. The first-order valence-corrected chi connectivity index (χ1v) is 9.62. The Balaban J connectivity index is 1.91. The summed E-state index contributed by atoms with van der Waals surface area (Å²) in [6.45, 7) is 1.41. The molecule has 0 fully saturated rings. The molecule has 182 valence electrons. The summed E-state index contributed by atoms with van der Waals surface area (Å²) in [6.07, 6.45) is -10.6. The predicted octanol–water partition coefficient (Wildman–Crippen LogP) is 4.42. The number of rotatable bonds is 6. The molecule has 0 radical (unpaired) electrons. The molecule has 1 atom stereocenters. The van der Waals surface area contributed by atoms with Crippen molar-refractivity contribution in [3.63, 3.8) is 0 Å². The average Bonchev–Trinajstić information content (AvgIpc) is 3.25. The van der Waals surface area contributed by atoms with Crippen LogP contribution in [-0.4, -0.2) is 27.3 Å². The third-order valence-electron chi connectivity index (χ3n) is 4.44. The molecule has 0 saturated heterocycles. The summed E-state index contributed by atoms with van der Waals surface area (Å²) < 4.78 is 87.7. The molecule has 0 saturated carbocycles. The van der Waals surface area contributed by atoms with Crippen LogP contribution in [0.5, 0.6) is 0 Å². The van der Waals surface area contributed by atoms with Gasteiger partial charge in [-0.25, -0.2) is 4.79 Å². The van der Waals surface area contributed by atoms with Gasteiger partial charge < -0.3 is 19.1 Å². The van der Waals surface area contributed by atoms with Crippen LogP contribution < -0.4 is 10.9 Å². The van der Waals surface area contributed by atoms with Crippen LogP contribution >= 0.6 is 0 Å². The highest BCUT2D eigenvalue weighted by atomic mass is 19.4. The Morgan fingerprint density at radius 3 is 2.47 bits per heavy atom. The highest BCUT2D eigenvalue weighted by molar-refractivity contribution is 5.67. The second kappa shape index (κ2) is 9.57. The van der Waals surface area contributed by atoms with Crippen molar-refractivity contribution in [2.24, 2.45) is 0 Å². The lowest BCUT2D eigenvalue weighted by molar-refractivity contribution is -0.159. The average molecular weight is 490 g/mol. The number of carbonyl (C=O) groups is 1. The quantitative estimate of drug-likeness (QED) is 0.514. The van der Waals surface area contributed by atoms with Gasteiger partial charge in [0.15, 0.2) is 0 Å². The molecule has 1 aromatic carbocycles. The molecule has 3 rings (SSSR count). The van der Waals surface area contributed by atoms with Gasteiger partial charge in [0.2, 0.25) is 5.82 Å². The van der Waals surface area contributed by atoms with Crippen molar-refractivity contribution < 1.29 is 40.4 Å². The van der Waals surface area contributed by atoms with Crippen LogP contribution in [0.1, 0.15) is 30.0 Å². The molecule has 1 amide bonds. The molecule has 0 bridgehead atoms. The van der Waals surface area contributed by atoms with Crippen LogP contribution in [0.3, 0.4) is 0 Å². The van der Waals surface area contributed by atoms with Gasteiger partial charge in [-0.05, 0) is 30.7 Å². The van der Waals surface area contributed by atoms with Gasteiger partial charge in [-0.1, -0.05) is 17.3 Å². The lowest BCUT2D eigenvalue weighted by atomic mass is 10.1. The lowest BCUT2D eigenvalue weighted by Crippen LogP contribution is -2.29. The molecular formula is C20H16F6N4O4. The number of ether oxygens (including phenoxy) is 1. The van der Waals surface area contributed by atoms with Gasteiger partial charge in [0.25, 0.3) is 5.56 Å². The summed E-state index contributed by atoms with van der Waals surface area (Å²) in [5, 5.41) is 5.53. The van der Waals surface area contributed by atoms with Crippen molar-refractivity contribution in [2.75, 3.05) is 6.54 Å². The first-order chi connectivity index (χ1) is 15.9. The maximum absolute atomic E-state index is 13.1. The second-order valence-corrected chi connectivity index (χ2v) is 6.87. The molecule has 0 aliphatic rings. The number of nitrogens with one attached hydrogen (secondary N) is 1. The number of carbonyl (C=O) groups excluding carboxylic acids is 1. The molecule has 1 N–H and O–H groups in total. The first kappa shape index (κ1) is 24.8. The fourth-order valence-corrected chi connectivity index (χ4v) is 2.87. The summed E-state index contributed by atoms with van der Waals surface area (Å²) >= 11 is 0. The maximum Gasteiger partial charge on any atom is 0.471 e. The Morgan fingerprint density at radius 2 is 1.88 bits per heavy atom. The lowest BCUT2D eigenvalue weighted by Gasteiger charge is -2.20. The highest BCUT2D eigenvalue weighted by Gasteiger charge is 2.38. The summed E-state index contributed by atoms with van der Waals surface area (Å²) in [7, 11) is 0. The monoisotopic (exact) mass is 490 g/mol. The number of halogens is 6. The minimum atomic E-state index is -4.87. The van der Waals surface area contributed by atoms with Gasteiger partial charge in [-0.15, -0.1) is 0 Å². The third kappa shape index (κ3) is 5.94. The van der Waals surface area contributed by atoms with Crippen molar-refractivity contribution in [1.82, 2.24) is 20.0 Å². The molecule has 2 heterocycles. The first-order valence-electron chi connectivity index (χ1n) is 9.62. The second-order valence-electron chi connectivity index (χ2n) is 6.87. The van der Waals surface area contributed by atoms with Crippen molar-refractivity contribution >= 4 is 6.09 Å². The standard InChI is InChI=1S/C20H16F6N4O4/c1-2-27-18(32)33-14(11-4-3-5-13(8-11)19(21,22)23)10-30-7-6-12(9-15(30)31)16-28-17(34-29-16)20(24,25)26/h3-9,14H,2,10H2,1H3,(H,27,32). The van der Waals surface area contributed by atoms with E-state index in [1.807, 2.05) is 0 Å². The fourth-order valence-electron chi connectivity index (χ4n) is 2.87. The zero-order valence-electron chi connectivity index (χ0n) is 17.3. The van der Waals surface area contributed by atoms with E-state index in [0.717, 1.165) is 35.0 Å². The van der Waals surface area contributed by atoms with E-state index < -0.39 is 47.4 Å². The molecule has 0 aliphatic carbocycles. The number of aromatic nitrogens is 3. The molecule has 34 heavy (non-hydrogen) atoms. The third-order valence-corrected chi connectivity index (χ3v) is 4.44. The van der Waals surface area contributed by atoms with E-state index in [-0.39, 0.29) is 24.2 Å². The highest BCUT2D eigenvalue weighted by Crippen LogP contribution is 2.32. The minimum Gasteiger partial charge on any atom is -0.439 e. The summed E-state index contributed by atoms with van der Waals surface area (Å²) in [5.74, 6) is -2.07. The van der Waals surface area contributed by atoms with Crippen LogP contribution in [0.2, 0.25) is 0 Å². The summed E-state index contributed by atoms with van der Waals surface area (Å²) in [6, 6.07) is 6.19. The number of alkyl carbamates (subject to hydrolysis) is 1. The minimum absolute atomic E-state index is 0.0231. The smallest absolute Gasteiger partial charge is 0.439 e. The van der Waals surface area contributed by atoms with Crippen LogP contribution in [-0.2, 0) is 23.6 Å². The Morgan fingerprint density at radius 1 is 1.15 bits per heavy atom. The Labute approximate surface area is 187 Å². The molecule has 1 unspecified atom stereocenters. The SMILES string of the molecule is CCNC(=O)OC(Cn1ccc(-c2noc(C(F)(F)F)n2)cc1=O)c1cccc(C(F)(F)F)c1. The van der Waals surface area contributed by atoms with Gasteiger partial charge in [0.1, 0.15) is 6.10 Å². The fraction of sp³-hybridized carbons (Fsp3) is 0.300. The number of nitrogens with zero attached hydrogens (tertiary/aromatic N) is 3. The van der Waals surface area contributed by atoms with Crippen LogP contribution in [0.15, 0.2) is 51.9 Å². The van der Waals surface area contributed by atoms with Crippen molar-refractivity contribution in [1.29, 1.82) is 0 Å². The van der Waals surface area contributed by atoms with Crippen molar-refractivity contribution in [3.05, 3.63) is 70.0 Å². The number of alkyl halides is 6. The zero-order valence-corrected chi connectivity index (χ0v) is 17.3. The Bertz CT molecular complexity index is 1220.